The number of carbonyl (C=O) groups is 5. The van der Waals surface area contributed by atoms with Gasteiger partial charge >= 0.3 is 18.0 Å². The van der Waals surface area contributed by atoms with Crippen LogP contribution in [0.25, 0.3) is 17.0 Å². The zero-order valence-electron chi connectivity index (χ0n) is 31.0. The Kier molecular flexibility index (Phi) is 15.8. The summed E-state index contributed by atoms with van der Waals surface area (Å²) in [6, 6.07) is 6.00. The molecule has 3 rings (SSSR count). The Morgan fingerprint density at radius 3 is 2.31 bits per heavy atom. The summed E-state index contributed by atoms with van der Waals surface area (Å²) in [6.45, 7) is 11.2. The number of nitrogens with zero attached hydrogens (tertiary/aromatic N) is 2. The number of halogens is 5. The lowest BCUT2D eigenvalue weighted by atomic mass is 10.0. The molecule has 0 spiro atoms. The van der Waals surface area contributed by atoms with Crippen molar-refractivity contribution in [3.8, 4) is 0 Å². The van der Waals surface area contributed by atoms with Crippen molar-refractivity contribution < 1.29 is 47.0 Å². The van der Waals surface area contributed by atoms with Gasteiger partial charge in [0.15, 0.2) is 6.10 Å². The van der Waals surface area contributed by atoms with Gasteiger partial charge in [-0.05, 0) is 71.1 Å². The quantitative estimate of drug-likeness (QED) is 0.121. The summed E-state index contributed by atoms with van der Waals surface area (Å²) in [4.78, 5) is 68.7. The van der Waals surface area contributed by atoms with Crippen molar-refractivity contribution in [1.29, 1.82) is 0 Å². The Bertz CT molecular complexity index is 1700. The zero-order valence-corrected chi connectivity index (χ0v) is 33.2. The molecule has 1 aliphatic rings. The molecule has 0 aliphatic carbocycles. The molecule has 0 bridgehead atoms. The summed E-state index contributed by atoms with van der Waals surface area (Å²) in [6.07, 6.45) is -2.22. The van der Waals surface area contributed by atoms with Crippen LogP contribution in [0.15, 0.2) is 36.4 Å². The van der Waals surface area contributed by atoms with Crippen molar-refractivity contribution in [2.75, 3.05) is 13.2 Å². The summed E-state index contributed by atoms with van der Waals surface area (Å²) in [7, 11) is 0. The van der Waals surface area contributed by atoms with Gasteiger partial charge in [0.25, 0.3) is 18.2 Å². The Morgan fingerprint density at radius 2 is 1.70 bits per heavy atom. The molecule has 54 heavy (non-hydrogen) atoms. The van der Waals surface area contributed by atoms with Gasteiger partial charge in [-0.25, -0.2) is 19.0 Å². The number of hydrogen-bond donors (Lipinski definition) is 3. The standard InChI is InChI=1S/C36H46Cl3F2N5O8/c1-19(2)28(30(47)42-21(4)31(48)46-16-8-9-26(45-46)33(50)52-18-36(37,38)39)53-32(49)24(29(40)41)14-11-22-10-12-23-13-15-25(44-27(23)17-22)20(3)43-34(51)54-35(5,6)7/h10-15,17,19-21,24,26,28-29,45H,8-9,16,18H2,1-7H3,(H,42,47)(H,43,51)/b14-11+/t20-,21?,24?,26?,28?/m1/s1. The SMILES string of the molecule is CC(NC(=O)C(OC(=O)C(/C=C/c1ccc2ccc([C@@H](C)NC(=O)OC(C)(C)C)nc2c1)C(F)F)C(C)C)C(=O)N1CCCC(C(=O)OCC(Cl)(Cl)Cl)N1. The van der Waals surface area contributed by atoms with Crippen molar-refractivity contribution in [3.63, 3.8) is 0 Å². The molecule has 1 fully saturated rings. The van der Waals surface area contributed by atoms with Crippen LogP contribution in [0, 0.1) is 11.8 Å². The Balaban J connectivity index is 1.66. The highest BCUT2D eigenvalue weighted by atomic mass is 35.6. The number of hydrogen-bond acceptors (Lipinski definition) is 10. The zero-order chi connectivity index (χ0) is 40.5. The number of alkyl carbamates (subject to hydrolysis) is 1. The van der Waals surface area contributed by atoms with Gasteiger partial charge in [0.05, 0.1) is 17.3 Å². The third-order valence-corrected chi connectivity index (χ3v) is 8.23. The molecule has 1 saturated heterocycles. The van der Waals surface area contributed by atoms with Crippen LogP contribution in [0.5, 0.6) is 0 Å². The number of hydrazine groups is 1. The second kappa shape index (κ2) is 19.2. The van der Waals surface area contributed by atoms with Crippen LogP contribution in [0.2, 0.25) is 0 Å². The summed E-state index contributed by atoms with van der Waals surface area (Å²) >= 11 is 16.9. The van der Waals surface area contributed by atoms with Crippen molar-refractivity contribution >= 4 is 81.6 Å². The largest absolute Gasteiger partial charge is 0.460 e. The van der Waals surface area contributed by atoms with E-state index in [0.717, 1.165) is 16.5 Å². The first-order chi connectivity index (χ1) is 25.0. The molecular weight excluding hydrogens is 775 g/mol. The lowest BCUT2D eigenvalue weighted by molar-refractivity contribution is -0.165. The number of pyridine rings is 1. The Labute approximate surface area is 327 Å². The van der Waals surface area contributed by atoms with Crippen LogP contribution in [0.3, 0.4) is 0 Å². The van der Waals surface area contributed by atoms with Gasteiger partial charge < -0.3 is 24.8 Å². The van der Waals surface area contributed by atoms with Gasteiger partial charge in [0.1, 0.15) is 30.2 Å². The molecule has 298 valence electrons. The van der Waals surface area contributed by atoms with Crippen molar-refractivity contribution in [1.82, 2.24) is 26.1 Å². The third-order valence-electron chi connectivity index (χ3n) is 7.91. The molecule has 2 heterocycles. The minimum Gasteiger partial charge on any atom is -0.460 e. The molecule has 5 atom stereocenters. The number of rotatable bonds is 13. The van der Waals surface area contributed by atoms with E-state index < -0.39 is 88.3 Å². The minimum absolute atomic E-state index is 0.205. The Morgan fingerprint density at radius 1 is 1.04 bits per heavy atom. The molecule has 18 heteroatoms. The molecule has 4 unspecified atom stereocenters. The fourth-order valence-electron chi connectivity index (χ4n) is 5.19. The number of nitrogens with one attached hydrogen (secondary N) is 3. The maximum absolute atomic E-state index is 14.2. The second-order valence-electron chi connectivity index (χ2n) is 14.1. The van der Waals surface area contributed by atoms with Crippen LogP contribution in [0.1, 0.15) is 78.6 Å². The van der Waals surface area contributed by atoms with Crippen LogP contribution in [-0.2, 0) is 33.4 Å². The lowest BCUT2D eigenvalue weighted by Crippen LogP contribution is -2.60. The van der Waals surface area contributed by atoms with Crippen molar-refractivity contribution in [3.05, 3.63) is 47.7 Å². The number of ether oxygens (including phenoxy) is 3. The minimum atomic E-state index is -3.17. The van der Waals surface area contributed by atoms with E-state index in [9.17, 15) is 32.8 Å². The molecule has 1 aromatic heterocycles. The van der Waals surface area contributed by atoms with Gasteiger partial charge in [-0.2, -0.15) is 0 Å². The van der Waals surface area contributed by atoms with Gasteiger partial charge in [0.2, 0.25) is 3.79 Å². The van der Waals surface area contributed by atoms with Crippen molar-refractivity contribution in [2.45, 2.75) is 101 Å². The molecule has 3 amide bonds. The van der Waals surface area contributed by atoms with Crippen LogP contribution < -0.4 is 16.1 Å². The van der Waals surface area contributed by atoms with E-state index in [2.05, 4.69) is 21.0 Å². The average molecular weight is 821 g/mol. The summed E-state index contributed by atoms with van der Waals surface area (Å²) in [5.41, 5.74) is 3.56. The first-order valence-electron chi connectivity index (χ1n) is 17.2. The van der Waals surface area contributed by atoms with Crippen LogP contribution >= 0.6 is 34.8 Å². The number of carbonyl (C=O) groups excluding carboxylic acids is 5. The first-order valence-corrected chi connectivity index (χ1v) is 18.4. The monoisotopic (exact) mass is 819 g/mol. The molecule has 0 radical (unpaired) electrons. The van der Waals surface area contributed by atoms with E-state index in [4.69, 9.17) is 49.0 Å². The van der Waals surface area contributed by atoms with E-state index in [1.54, 1.807) is 71.9 Å². The van der Waals surface area contributed by atoms with Crippen LogP contribution in [0.4, 0.5) is 13.6 Å². The van der Waals surface area contributed by atoms with Crippen molar-refractivity contribution in [2.24, 2.45) is 11.8 Å². The number of amides is 3. The second-order valence-corrected chi connectivity index (χ2v) is 16.7. The van der Waals surface area contributed by atoms with Gasteiger partial charge in [-0.15, -0.1) is 0 Å². The predicted octanol–water partition coefficient (Wildman–Crippen LogP) is 6.20. The fraction of sp³-hybridized carbons (Fsp3) is 0.556. The fourth-order valence-corrected chi connectivity index (χ4v) is 5.35. The third kappa shape index (κ3) is 13.8. The normalized spacial score (nSPS) is 17.5. The van der Waals surface area contributed by atoms with E-state index in [1.807, 2.05) is 0 Å². The number of esters is 2. The van der Waals surface area contributed by atoms with Gasteiger partial charge in [0, 0.05) is 11.9 Å². The smallest absolute Gasteiger partial charge is 0.408 e. The topological polar surface area (TPSA) is 165 Å². The molecule has 0 saturated carbocycles. The molecule has 3 N–H and O–H groups in total. The summed E-state index contributed by atoms with van der Waals surface area (Å²) in [5.74, 6) is -6.26. The molecule has 13 nitrogen and oxygen atoms in total. The van der Waals surface area contributed by atoms with E-state index >= 15 is 0 Å². The van der Waals surface area contributed by atoms with E-state index in [-0.39, 0.29) is 6.54 Å². The van der Waals surface area contributed by atoms with E-state index in [0.29, 0.717) is 29.6 Å². The van der Waals surface area contributed by atoms with Gasteiger partial charge in [-0.3, -0.25) is 29.2 Å². The molecular formula is C36H46Cl3F2N5O8. The van der Waals surface area contributed by atoms with Gasteiger partial charge in [-0.1, -0.05) is 79.0 Å². The number of aromatic nitrogens is 1. The lowest BCUT2D eigenvalue weighted by Gasteiger charge is -2.34. The molecule has 2 aromatic rings. The highest BCUT2D eigenvalue weighted by Gasteiger charge is 2.36. The highest BCUT2D eigenvalue weighted by Crippen LogP contribution is 2.27. The summed E-state index contributed by atoms with van der Waals surface area (Å²) in [5, 5.41) is 7.09. The molecule has 1 aliphatic heterocycles. The summed E-state index contributed by atoms with van der Waals surface area (Å²) < 4.78 is 42.2. The number of benzene rings is 1. The average Bonchev–Trinajstić information content (AvgIpc) is 3.07. The number of fused-ring (bicyclic) bond motifs is 1. The molecule has 1 aromatic carbocycles. The maximum atomic E-state index is 14.2. The first kappa shape index (κ1) is 44.6. The Hall–Kier alpha value is -3.79. The highest BCUT2D eigenvalue weighted by molar-refractivity contribution is 6.67. The predicted molar refractivity (Wildman–Crippen MR) is 199 cm³/mol. The number of alkyl halides is 5. The van der Waals surface area contributed by atoms with E-state index in [1.165, 1.54) is 13.0 Å². The maximum Gasteiger partial charge on any atom is 0.408 e. The van der Waals surface area contributed by atoms with Crippen LogP contribution in [-0.4, -0.2) is 87.0 Å².